The molecule has 1 aromatic carbocycles. The SMILES string of the molecule is CCCCCCCCOC1(CCCCC)C=CC(C(=O)O)C(c2ccccc2F)=C1. The largest absolute Gasteiger partial charge is 0.481 e. The molecule has 0 saturated carbocycles. The van der Waals surface area contributed by atoms with Gasteiger partial charge in [0.05, 0.1) is 0 Å². The number of carboxylic acid groups (broad SMARTS) is 1. The van der Waals surface area contributed by atoms with E-state index < -0.39 is 23.3 Å². The summed E-state index contributed by atoms with van der Waals surface area (Å²) in [5.74, 6) is -2.23. The van der Waals surface area contributed by atoms with Crippen molar-refractivity contribution in [2.24, 2.45) is 5.92 Å². The fourth-order valence-corrected chi connectivity index (χ4v) is 4.03. The van der Waals surface area contributed by atoms with Gasteiger partial charge in [0.1, 0.15) is 17.3 Å². The van der Waals surface area contributed by atoms with Crippen LogP contribution < -0.4 is 0 Å². The van der Waals surface area contributed by atoms with Gasteiger partial charge in [-0.2, -0.15) is 0 Å². The van der Waals surface area contributed by atoms with Crippen molar-refractivity contribution in [1.29, 1.82) is 0 Å². The van der Waals surface area contributed by atoms with Crippen molar-refractivity contribution in [1.82, 2.24) is 0 Å². The minimum atomic E-state index is -0.973. The summed E-state index contributed by atoms with van der Waals surface area (Å²) >= 11 is 0. The minimum Gasteiger partial charge on any atom is -0.481 e. The van der Waals surface area contributed by atoms with E-state index in [1.807, 2.05) is 12.2 Å². The molecule has 0 saturated heterocycles. The van der Waals surface area contributed by atoms with Crippen LogP contribution in [0.2, 0.25) is 0 Å². The molecule has 0 fully saturated rings. The Morgan fingerprint density at radius 1 is 1.03 bits per heavy atom. The molecule has 30 heavy (non-hydrogen) atoms. The fourth-order valence-electron chi connectivity index (χ4n) is 4.03. The Kier molecular flexibility index (Phi) is 10.3. The average molecular weight is 417 g/mol. The summed E-state index contributed by atoms with van der Waals surface area (Å²) in [6.07, 6.45) is 16.5. The lowest BCUT2D eigenvalue weighted by molar-refractivity contribution is -0.138. The summed E-state index contributed by atoms with van der Waals surface area (Å²) in [6.45, 7) is 4.99. The molecule has 0 spiro atoms. The maximum atomic E-state index is 14.5. The van der Waals surface area contributed by atoms with E-state index in [-0.39, 0.29) is 0 Å². The molecule has 1 aromatic rings. The van der Waals surface area contributed by atoms with Gasteiger partial charge in [0.25, 0.3) is 0 Å². The fraction of sp³-hybridized carbons (Fsp3) is 0.577. The normalized spacial score (nSPS) is 20.9. The highest BCUT2D eigenvalue weighted by molar-refractivity contribution is 5.91. The van der Waals surface area contributed by atoms with Crippen molar-refractivity contribution in [2.75, 3.05) is 6.61 Å². The molecule has 0 bridgehead atoms. The Balaban J connectivity index is 2.20. The average Bonchev–Trinajstić information content (AvgIpc) is 2.73. The van der Waals surface area contributed by atoms with E-state index in [0.717, 1.165) is 38.5 Å². The third kappa shape index (κ3) is 7.09. The van der Waals surface area contributed by atoms with Crippen LogP contribution in [0.3, 0.4) is 0 Å². The van der Waals surface area contributed by atoms with Crippen molar-refractivity contribution in [2.45, 2.75) is 83.7 Å². The number of rotatable bonds is 14. The second-order valence-electron chi connectivity index (χ2n) is 8.28. The zero-order valence-corrected chi connectivity index (χ0v) is 18.5. The van der Waals surface area contributed by atoms with E-state index >= 15 is 0 Å². The lowest BCUT2D eigenvalue weighted by atomic mass is 9.80. The number of halogens is 1. The first-order valence-electron chi connectivity index (χ1n) is 11.6. The Morgan fingerprint density at radius 3 is 2.40 bits per heavy atom. The predicted octanol–water partition coefficient (Wildman–Crippen LogP) is 7.18. The lowest BCUT2D eigenvalue weighted by Crippen LogP contribution is -2.33. The topological polar surface area (TPSA) is 46.5 Å². The summed E-state index contributed by atoms with van der Waals surface area (Å²) in [7, 11) is 0. The van der Waals surface area contributed by atoms with Crippen LogP contribution in [0.4, 0.5) is 4.39 Å². The van der Waals surface area contributed by atoms with Gasteiger partial charge in [-0.25, -0.2) is 4.39 Å². The summed E-state index contributed by atoms with van der Waals surface area (Å²) in [4.78, 5) is 11.9. The standard InChI is InChI=1S/C26H37FO3/c1-3-5-7-8-9-13-19-30-26(17-12-6-4-2)18-16-22(25(28)29)23(20-26)21-14-10-11-15-24(21)27/h10-11,14-16,18,20,22H,3-9,12-13,17,19H2,1-2H3,(H,28,29). The highest BCUT2D eigenvalue weighted by atomic mass is 19.1. The molecule has 0 radical (unpaired) electrons. The molecule has 2 rings (SSSR count). The monoisotopic (exact) mass is 416 g/mol. The van der Waals surface area contributed by atoms with Crippen molar-refractivity contribution in [3.05, 3.63) is 53.9 Å². The van der Waals surface area contributed by atoms with Crippen LogP contribution in [0, 0.1) is 11.7 Å². The second kappa shape index (κ2) is 12.7. The first kappa shape index (κ1) is 24.3. The lowest BCUT2D eigenvalue weighted by Gasteiger charge is -2.34. The van der Waals surface area contributed by atoms with Crippen LogP contribution in [0.25, 0.3) is 5.57 Å². The maximum absolute atomic E-state index is 14.5. The highest BCUT2D eigenvalue weighted by Crippen LogP contribution is 2.38. The van der Waals surface area contributed by atoms with Crippen LogP contribution in [-0.2, 0) is 9.53 Å². The molecule has 2 unspecified atom stereocenters. The number of benzene rings is 1. The first-order valence-corrected chi connectivity index (χ1v) is 11.6. The van der Waals surface area contributed by atoms with E-state index in [1.54, 1.807) is 24.3 Å². The van der Waals surface area contributed by atoms with Crippen LogP contribution in [-0.4, -0.2) is 23.3 Å². The molecule has 166 valence electrons. The zero-order valence-electron chi connectivity index (χ0n) is 18.5. The summed E-state index contributed by atoms with van der Waals surface area (Å²) in [5, 5.41) is 9.71. The molecule has 3 nitrogen and oxygen atoms in total. The number of unbranched alkanes of at least 4 members (excludes halogenated alkanes) is 7. The molecule has 0 heterocycles. The van der Waals surface area contributed by atoms with Crippen LogP contribution in [0.1, 0.15) is 83.6 Å². The zero-order chi connectivity index (χ0) is 21.8. The number of carboxylic acids is 1. The Bertz CT molecular complexity index is 725. The van der Waals surface area contributed by atoms with Gasteiger partial charge >= 0.3 is 5.97 Å². The highest BCUT2D eigenvalue weighted by Gasteiger charge is 2.35. The number of ether oxygens (including phenoxy) is 1. The van der Waals surface area contributed by atoms with E-state index in [2.05, 4.69) is 13.8 Å². The van der Waals surface area contributed by atoms with Crippen molar-refractivity contribution < 1.29 is 19.0 Å². The number of hydrogen-bond acceptors (Lipinski definition) is 2. The Labute approximate surface area is 181 Å². The summed E-state index contributed by atoms with van der Waals surface area (Å²) < 4.78 is 20.9. The quantitative estimate of drug-likeness (QED) is 0.258. The van der Waals surface area contributed by atoms with Gasteiger partial charge < -0.3 is 9.84 Å². The van der Waals surface area contributed by atoms with Crippen molar-refractivity contribution >= 4 is 11.5 Å². The molecule has 2 atom stereocenters. The molecule has 4 heteroatoms. The van der Waals surface area contributed by atoms with E-state index in [4.69, 9.17) is 4.74 Å². The van der Waals surface area contributed by atoms with Gasteiger partial charge in [0.15, 0.2) is 0 Å². The van der Waals surface area contributed by atoms with E-state index in [1.165, 1.54) is 31.7 Å². The van der Waals surface area contributed by atoms with E-state index in [0.29, 0.717) is 17.7 Å². The molecule has 1 aliphatic carbocycles. The second-order valence-corrected chi connectivity index (χ2v) is 8.28. The Morgan fingerprint density at radius 2 is 1.70 bits per heavy atom. The van der Waals surface area contributed by atoms with Gasteiger partial charge in [-0.05, 0) is 37.0 Å². The van der Waals surface area contributed by atoms with Gasteiger partial charge in [0.2, 0.25) is 0 Å². The van der Waals surface area contributed by atoms with Crippen molar-refractivity contribution in [3.8, 4) is 0 Å². The van der Waals surface area contributed by atoms with Gasteiger partial charge in [-0.1, -0.05) is 89.1 Å². The molecule has 0 aliphatic heterocycles. The third-order valence-electron chi connectivity index (χ3n) is 5.80. The molecule has 0 aromatic heterocycles. The third-order valence-corrected chi connectivity index (χ3v) is 5.80. The number of hydrogen-bond donors (Lipinski definition) is 1. The minimum absolute atomic E-state index is 0.345. The Hall–Kier alpha value is -1.94. The predicted molar refractivity (Wildman–Crippen MR) is 121 cm³/mol. The number of aliphatic carboxylic acids is 1. The summed E-state index contributed by atoms with van der Waals surface area (Å²) in [6, 6.07) is 6.40. The van der Waals surface area contributed by atoms with E-state index in [9.17, 15) is 14.3 Å². The smallest absolute Gasteiger partial charge is 0.314 e. The van der Waals surface area contributed by atoms with Gasteiger partial charge in [-0.3, -0.25) is 4.79 Å². The first-order chi connectivity index (χ1) is 14.5. The van der Waals surface area contributed by atoms with Crippen molar-refractivity contribution in [3.63, 3.8) is 0 Å². The maximum Gasteiger partial charge on any atom is 0.314 e. The molecule has 1 N–H and O–H groups in total. The van der Waals surface area contributed by atoms with Crippen LogP contribution >= 0.6 is 0 Å². The van der Waals surface area contributed by atoms with Gasteiger partial charge in [-0.15, -0.1) is 0 Å². The molecular weight excluding hydrogens is 379 g/mol. The molecular formula is C26H37FO3. The van der Waals surface area contributed by atoms with Crippen LogP contribution in [0.15, 0.2) is 42.5 Å². The molecule has 0 amide bonds. The van der Waals surface area contributed by atoms with Crippen LogP contribution in [0.5, 0.6) is 0 Å². The molecule has 1 aliphatic rings. The summed E-state index contributed by atoms with van der Waals surface area (Å²) in [5.41, 5.74) is 0.169. The number of carbonyl (C=O) groups is 1. The van der Waals surface area contributed by atoms with Gasteiger partial charge in [0, 0.05) is 12.2 Å².